The van der Waals surface area contributed by atoms with Crippen molar-refractivity contribution in [3.63, 3.8) is 0 Å². The molecule has 146 valence electrons. The largest absolute Gasteiger partial charge is 0.481 e. The second-order valence-electron chi connectivity index (χ2n) is 7.41. The molecule has 2 aromatic carbocycles. The van der Waals surface area contributed by atoms with Crippen LogP contribution in [0.25, 0.3) is 0 Å². The van der Waals surface area contributed by atoms with Gasteiger partial charge in [-0.3, -0.25) is 14.4 Å². The predicted molar refractivity (Wildman–Crippen MR) is 97.2 cm³/mol. The first kappa shape index (κ1) is 19.7. The number of carbonyl (C=O) groups excluding carboxylic acids is 2. The Labute approximate surface area is 160 Å². The van der Waals surface area contributed by atoms with Crippen LogP contribution in [0, 0.1) is 17.6 Å². The molecule has 2 N–H and O–H groups in total. The van der Waals surface area contributed by atoms with Crippen molar-refractivity contribution in [1.82, 2.24) is 5.32 Å². The number of amides is 1. The Morgan fingerprint density at radius 2 is 1.61 bits per heavy atom. The van der Waals surface area contributed by atoms with Crippen LogP contribution in [0.5, 0.6) is 0 Å². The molecule has 0 aromatic heterocycles. The zero-order chi connectivity index (χ0) is 20.6. The van der Waals surface area contributed by atoms with Crippen LogP contribution < -0.4 is 5.32 Å². The molecule has 1 amide bonds. The molecule has 3 rings (SSSR count). The molecule has 2 aromatic rings. The standard InChI is InChI=1S/C21H19F2NO4/c1-21(2,24-19(26)17-15(22)4-3-5-16(17)23)18(25)12-8-6-11(7-9-12)13-10-14(13)20(27)28/h3-9,13-14H,10H2,1-2H3,(H,24,26)(H,27,28)/t13?,14-/m0/s1. The summed E-state index contributed by atoms with van der Waals surface area (Å²) in [5.74, 6) is -4.77. The Bertz CT molecular complexity index is 933. The zero-order valence-corrected chi connectivity index (χ0v) is 15.3. The van der Waals surface area contributed by atoms with Gasteiger partial charge in [-0.2, -0.15) is 0 Å². The van der Waals surface area contributed by atoms with Crippen molar-refractivity contribution in [1.29, 1.82) is 0 Å². The zero-order valence-electron chi connectivity index (χ0n) is 15.3. The molecule has 1 saturated carbocycles. The third-order valence-corrected chi connectivity index (χ3v) is 4.89. The Morgan fingerprint density at radius 1 is 1.04 bits per heavy atom. The minimum absolute atomic E-state index is 0.0570. The second kappa shape index (κ2) is 7.14. The van der Waals surface area contributed by atoms with E-state index < -0.39 is 46.3 Å². The van der Waals surface area contributed by atoms with Gasteiger partial charge in [0.15, 0.2) is 5.78 Å². The summed E-state index contributed by atoms with van der Waals surface area (Å²) in [6.45, 7) is 2.89. The Kier molecular flexibility index (Phi) is 5.02. The third-order valence-electron chi connectivity index (χ3n) is 4.89. The molecule has 0 aliphatic heterocycles. The minimum atomic E-state index is -1.41. The molecule has 1 unspecified atom stereocenters. The first-order valence-electron chi connectivity index (χ1n) is 8.76. The van der Waals surface area contributed by atoms with Crippen molar-refractivity contribution >= 4 is 17.7 Å². The van der Waals surface area contributed by atoms with Crippen LogP contribution in [-0.2, 0) is 4.79 Å². The minimum Gasteiger partial charge on any atom is -0.481 e. The summed E-state index contributed by atoms with van der Waals surface area (Å²) in [5.41, 5.74) is -1.02. The molecule has 2 atom stereocenters. The van der Waals surface area contributed by atoms with Gasteiger partial charge in [-0.05, 0) is 43.9 Å². The summed E-state index contributed by atoms with van der Waals surface area (Å²) >= 11 is 0. The lowest BCUT2D eigenvalue weighted by Crippen LogP contribution is -2.50. The van der Waals surface area contributed by atoms with Crippen LogP contribution in [0.2, 0.25) is 0 Å². The van der Waals surface area contributed by atoms with Crippen LogP contribution in [-0.4, -0.2) is 28.3 Å². The van der Waals surface area contributed by atoms with Gasteiger partial charge in [0.2, 0.25) is 0 Å². The van der Waals surface area contributed by atoms with Gasteiger partial charge in [0.1, 0.15) is 17.2 Å². The molecule has 1 aliphatic rings. The van der Waals surface area contributed by atoms with E-state index >= 15 is 0 Å². The average molecular weight is 387 g/mol. The highest BCUT2D eigenvalue weighted by atomic mass is 19.1. The third kappa shape index (κ3) is 3.78. The van der Waals surface area contributed by atoms with E-state index in [0.29, 0.717) is 12.0 Å². The van der Waals surface area contributed by atoms with Gasteiger partial charge in [-0.1, -0.05) is 30.3 Å². The first-order valence-corrected chi connectivity index (χ1v) is 8.76. The number of carboxylic acid groups (broad SMARTS) is 1. The number of benzene rings is 2. The van der Waals surface area contributed by atoms with Gasteiger partial charge in [-0.25, -0.2) is 8.78 Å². The second-order valence-corrected chi connectivity index (χ2v) is 7.41. The average Bonchev–Trinajstić information content (AvgIpc) is 3.41. The van der Waals surface area contributed by atoms with Crippen LogP contribution in [0.3, 0.4) is 0 Å². The van der Waals surface area contributed by atoms with Crippen molar-refractivity contribution in [3.05, 3.63) is 70.8 Å². The summed E-state index contributed by atoms with van der Waals surface area (Å²) in [7, 11) is 0. The number of carboxylic acids is 1. The topological polar surface area (TPSA) is 83.5 Å². The fraction of sp³-hybridized carbons (Fsp3) is 0.286. The molecule has 0 heterocycles. The number of carbonyl (C=O) groups is 3. The number of nitrogens with one attached hydrogen (secondary N) is 1. The summed E-state index contributed by atoms with van der Waals surface area (Å²) in [5, 5.41) is 11.4. The highest BCUT2D eigenvalue weighted by molar-refractivity contribution is 6.06. The summed E-state index contributed by atoms with van der Waals surface area (Å²) in [4.78, 5) is 36.0. The Morgan fingerprint density at radius 3 is 2.11 bits per heavy atom. The molecule has 7 heteroatoms. The van der Waals surface area contributed by atoms with E-state index in [4.69, 9.17) is 5.11 Å². The number of aliphatic carboxylic acids is 1. The molecular formula is C21H19F2NO4. The van der Waals surface area contributed by atoms with Crippen LogP contribution in [0.15, 0.2) is 42.5 Å². The van der Waals surface area contributed by atoms with Gasteiger partial charge in [-0.15, -0.1) is 0 Å². The van der Waals surface area contributed by atoms with Crippen molar-refractivity contribution in [3.8, 4) is 0 Å². The number of halogens is 2. The van der Waals surface area contributed by atoms with E-state index in [-0.39, 0.29) is 5.92 Å². The predicted octanol–water partition coefficient (Wildman–Crippen LogP) is 3.54. The fourth-order valence-corrected chi connectivity index (χ4v) is 3.20. The molecule has 0 spiro atoms. The van der Waals surface area contributed by atoms with Crippen molar-refractivity contribution < 1.29 is 28.3 Å². The molecule has 0 bridgehead atoms. The van der Waals surface area contributed by atoms with E-state index in [0.717, 1.165) is 23.8 Å². The molecule has 28 heavy (non-hydrogen) atoms. The number of Topliss-reactive ketones (excluding diaryl/α,β-unsaturated/α-hetero) is 1. The van der Waals surface area contributed by atoms with E-state index in [2.05, 4.69) is 5.32 Å². The Hall–Kier alpha value is -3.09. The van der Waals surface area contributed by atoms with E-state index in [1.807, 2.05) is 0 Å². The van der Waals surface area contributed by atoms with Crippen LogP contribution >= 0.6 is 0 Å². The van der Waals surface area contributed by atoms with Crippen molar-refractivity contribution in [2.75, 3.05) is 0 Å². The maximum atomic E-state index is 13.8. The van der Waals surface area contributed by atoms with Crippen molar-refractivity contribution in [2.24, 2.45) is 5.92 Å². The molecule has 5 nitrogen and oxygen atoms in total. The van der Waals surface area contributed by atoms with E-state index in [9.17, 15) is 23.2 Å². The number of rotatable bonds is 6. The fourth-order valence-electron chi connectivity index (χ4n) is 3.20. The van der Waals surface area contributed by atoms with Gasteiger partial charge in [0.25, 0.3) is 5.91 Å². The van der Waals surface area contributed by atoms with E-state index in [1.165, 1.54) is 13.8 Å². The number of hydrogen-bond acceptors (Lipinski definition) is 3. The van der Waals surface area contributed by atoms with Crippen LogP contribution in [0.1, 0.15) is 52.5 Å². The molecule has 0 saturated heterocycles. The highest BCUT2D eigenvalue weighted by Crippen LogP contribution is 2.47. The maximum absolute atomic E-state index is 13.8. The first-order chi connectivity index (χ1) is 13.1. The monoisotopic (exact) mass is 387 g/mol. The molecular weight excluding hydrogens is 368 g/mol. The van der Waals surface area contributed by atoms with Gasteiger partial charge in [0.05, 0.1) is 11.5 Å². The summed E-state index contributed by atoms with van der Waals surface area (Å²) in [6.07, 6.45) is 0.568. The SMILES string of the molecule is CC(C)(NC(=O)c1c(F)cccc1F)C(=O)c1ccc(C2C[C@@H]2C(=O)O)cc1. The highest BCUT2D eigenvalue weighted by Gasteiger charge is 2.44. The van der Waals surface area contributed by atoms with Crippen molar-refractivity contribution in [2.45, 2.75) is 31.7 Å². The van der Waals surface area contributed by atoms with E-state index in [1.54, 1.807) is 24.3 Å². The lowest BCUT2D eigenvalue weighted by molar-refractivity contribution is -0.138. The van der Waals surface area contributed by atoms with Gasteiger partial charge >= 0.3 is 5.97 Å². The molecule has 1 aliphatic carbocycles. The smallest absolute Gasteiger partial charge is 0.307 e. The van der Waals surface area contributed by atoms with Gasteiger partial charge in [0, 0.05) is 5.56 Å². The summed E-state index contributed by atoms with van der Waals surface area (Å²) in [6, 6.07) is 9.58. The van der Waals surface area contributed by atoms with Crippen LogP contribution in [0.4, 0.5) is 8.78 Å². The van der Waals surface area contributed by atoms with Gasteiger partial charge < -0.3 is 10.4 Å². The number of ketones is 1. The number of hydrogen-bond donors (Lipinski definition) is 2. The quantitative estimate of drug-likeness (QED) is 0.743. The lowest BCUT2D eigenvalue weighted by Gasteiger charge is -2.25. The summed E-state index contributed by atoms with van der Waals surface area (Å²) < 4.78 is 27.6. The maximum Gasteiger partial charge on any atom is 0.307 e. The lowest BCUT2D eigenvalue weighted by atomic mass is 9.91. The Balaban J connectivity index is 1.74. The normalized spacial score (nSPS) is 18.4. The molecule has 0 radical (unpaired) electrons. The molecule has 1 fully saturated rings.